The molecule has 0 bridgehead atoms. The fourth-order valence-corrected chi connectivity index (χ4v) is 0.898. The quantitative estimate of drug-likeness (QED) is 0.526. The van der Waals surface area contributed by atoms with Crippen molar-refractivity contribution in [2.75, 3.05) is 0 Å². The first kappa shape index (κ1) is 7.47. The summed E-state index contributed by atoms with van der Waals surface area (Å²) in [5.74, 6) is 2.66. The molecule has 0 saturated heterocycles. The third-order valence-corrected chi connectivity index (χ3v) is 1.48. The molecule has 0 saturated carbocycles. The van der Waals surface area contributed by atoms with Crippen LogP contribution in [0.2, 0.25) is 5.02 Å². The Hall–Kier alpha value is -0.640. The molecule has 0 N–H and O–H groups in total. The monoisotopic (exact) mass is 170 g/mol. The van der Waals surface area contributed by atoms with Crippen molar-refractivity contribution >= 4 is 23.2 Å². The van der Waals surface area contributed by atoms with Crippen LogP contribution in [0.3, 0.4) is 0 Å². The van der Waals surface area contributed by atoms with E-state index in [1.807, 2.05) is 18.2 Å². The van der Waals surface area contributed by atoms with Crippen LogP contribution in [-0.4, -0.2) is 0 Å². The van der Waals surface area contributed by atoms with Crippen LogP contribution < -0.4 is 0 Å². The van der Waals surface area contributed by atoms with E-state index < -0.39 is 0 Å². The van der Waals surface area contributed by atoms with Crippen LogP contribution in [0.5, 0.6) is 0 Å². The summed E-state index contributed by atoms with van der Waals surface area (Å²) in [5, 5.41) is 2.90. The molecule has 0 atom stereocenters. The van der Waals surface area contributed by atoms with Crippen molar-refractivity contribution in [3.8, 4) is 11.3 Å². The Morgan fingerprint density at radius 2 is 1.90 bits per heavy atom. The predicted octanol–water partition coefficient (Wildman–Crippen LogP) is 2.89. The Labute approximate surface area is 69.8 Å². The van der Waals surface area contributed by atoms with Crippen molar-refractivity contribution in [1.29, 1.82) is 0 Å². The zero-order chi connectivity index (χ0) is 7.40. The lowest BCUT2D eigenvalue weighted by Gasteiger charge is -1.90. The van der Waals surface area contributed by atoms with Crippen LogP contribution in [0.4, 0.5) is 0 Å². The second kappa shape index (κ2) is 3.51. The van der Waals surface area contributed by atoms with E-state index in [0.29, 0.717) is 5.02 Å². The molecule has 10 heavy (non-hydrogen) atoms. The molecule has 0 aliphatic heterocycles. The molecule has 0 radical (unpaired) electrons. The van der Waals surface area contributed by atoms with Crippen LogP contribution in [0, 0.1) is 11.3 Å². The molecule has 2 heteroatoms. The van der Waals surface area contributed by atoms with Gasteiger partial charge in [-0.15, -0.1) is 0 Å². The van der Waals surface area contributed by atoms with Gasteiger partial charge in [0.25, 0.3) is 0 Å². The molecule has 0 fully saturated rings. The topological polar surface area (TPSA) is 0 Å². The van der Waals surface area contributed by atoms with E-state index in [0.717, 1.165) is 5.56 Å². The first-order valence-corrected chi connectivity index (χ1v) is 3.46. The van der Waals surface area contributed by atoms with Gasteiger partial charge in [0.1, 0.15) is 0 Å². The van der Waals surface area contributed by atoms with E-state index in [9.17, 15) is 0 Å². The van der Waals surface area contributed by atoms with Crippen molar-refractivity contribution in [2.45, 2.75) is 0 Å². The van der Waals surface area contributed by atoms with Crippen molar-refractivity contribution in [1.82, 2.24) is 0 Å². The SMILES string of the molecule is ClC#Cc1ccccc1Cl. The predicted molar refractivity (Wildman–Crippen MR) is 44.2 cm³/mol. The van der Waals surface area contributed by atoms with Gasteiger partial charge in [0, 0.05) is 10.9 Å². The van der Waals surface area contributed by atoms with E-state index in [1.54, 1.807) is 6.07 Å². The summed E-state index contributed by atoms with van der Waals surface area (Å²) in [4.78, 5) is 0. The Kier molecular flexibility index (Phi) is 2.62. The Morgan fingerprint density at radius 3 is 2.50 bits per heavy atom. The lowest BCUT2D eigenvalue weighted by Crippen LogP contribution is -1.72. The molecule has 0 aliphatic carbocycles. The maximum Gasteiger partial charge on any atom is 0.0562 e. The average Bonchev–Trinajstić information content (AvgIpc) is 1.94. The molecule has 0 spiro atoms. The molecule has 1 rings (SSSR count). The molecule has 0 heterocycles. The van der Waals surface area contributed by atoms with E-state index >= 15 is 0 Å². The van der Waals surface area contributed by atoms with Crippen LogP contribution in [0.15, 0.2) is 24.3 Å². The fourth-order valence-electron chi connectivity index (χ4n) is 0.613. The van der Waals surface area contributed by atoms with Gasteiger partial charge in [-0.2, -0.15) is 0 Å². The van der Waals surface area contributed by atoms with Crippen LogP contribution >= 0.6 is 23.2 Å². The molecule has 0 aromatic heterocycles. The molecule has 0 unspecified atom stereocenters. The third kappa shape index (κ3) is 1.67. The Balaban J connectivity index is 3.11. The molecule has 50 valence electrons. The highest BCUT2D eigenvalue weighted by Gasteiger charge is 1.91. The van der Waals surface area contributed by atoms with Crippen LogP contribution in [0.25, 0.3) is 0 Å². The Bertz CT molecular complexity index is 281. The minimum Gasteiger partial charge on any atom is -0.0830 e. The van der Waals surface area contributed by atoms with E-state index in [4.69, 9.17) is 23.2 Å². The van der Waals surface area contributed by atoms with Gasteiger partial charge in [-0.1, -0.05) is 23.7 Å². The fraction of sp³-hybridized carbons (Fsp3) is 0. The van der Waals surface area contributed by atoms with Gasteiger partial charge in [-0.3, -0.25) is 0 Å². The molecule has 0 amide bonds. The first-order valence-electron chi connectivity index (χ1n) is 2.71. The summed E-state index contributed by atoms with van der Waals surface area (Å²) in [6, 6.07) is 7.31. The summed E-state index contributed by atoms with van der Waals surface area (Å²) in [7, 11) is 0. The third-order valence-electron chi connectivity index (χ3n) is 1.06. The second-order valence-electron chi connectivity index (χ2n) is 1.70. The molecule has 1 aromatic carbocycles. The maximum atomic E-state index is 5.74. The molecule has 0 nitrogen and oxygen atoms in total. The van der Waals surface area contributed by atoms with E-state index in [2.05, 4.69) is 11.3 Å². The van der Waals surface area contributed by atoms with Gasteiger partial charge in [0.15, 0.2) is 0 Å². The van der Waals surface area contributed by atoms with Gasteiger partial charge >= 0.3 is 0 Å². The lowest BCUT2D eigenvalue weighted by molar-refractivity contribution is 1.65. The van der Waals surface area contributed by atoms with Crippen molar-refractivity contribution < 1.29 is 0 Å². The normalized spacial score (nSPS) is 8.20. The highest BCUT2D eigenvalue weighted by molar-refractivity contribution is 6.32. The van der Waals surface area contributed by atoms with E-state index in [-0.39, 0.29) is 0 Å². The molecule has 1 aromatic rings. The molecular weight excluding hydrogens is 167 g/mol. The second-order valence-corrected chi connectivity index (χ2v) is 2.30. The van der Waals surface area contributed by atoms with Crippen LogP contribution in [-0.2, 0) is 0 Å². The van der Waals surface area contributed by atoms with Crippen molar-refractivity contribution in [2.24, 2.45) is 0 Å². The van der Waals surface area contributed by atoms with Gasteiger partial charge in [0.05, 0.1) is 5.02 Å². The molecule has 0 aliphatic rings. The highest BCUT2D eigenvalue weighted by Crippen LogP contribution is 2.12. The molecular formula is C8H4Cl2. The van der Waals surface area contributed by atoms with Gasteiger partial charge < -0.3 is 0 Å². The largest absolute Gasteiger partial charge is 0.0830 e. The summed E-state index contributed by atoms with van der Waals surface area (Å²) >= 11 is 10.9. The Morgan fingerprint density at radius 1 is 1.20 bits per heavy atom. The minimum absolute atomic E-state index is 0.635. The van der Waals surface area contributed by atoms with Gasteiger partial charge in [-0.05, 0) is 29.7 Å². The summed E-state index contributed by atoms with van der Waals surface area (Å²) < 4.78 is 0. The minimum atomic E-state index is 0.635. The van der Waals surface area contributed by atoms with Crippen molar-refractivity contribution in [3.63, 3.8) is 0 Å². The number of halogens is 2. The van der Waals surface area contributed by atoms with Gasteiger partial charge in [0.2, 0.25) is 0 Å². The standard InChI is InChI=1S/C8H4Cl2/c9-6-5-7-3-1-2-4-8(7)10/h1-4H. The smallest absolute Gasteiger partial charge is 0.0562 e. The number of hydrogen-bond donors (Lipinski definition) is 0. The average molecular weight is 171 g/mol. The zero-order valence-corrected chi connectivity index (χ0v) is 6.58. The highest BCUT2D eigenvalue weighted by atomic mass is 35.5. The zero-order valence-electron chi connectivity index (χ0n) is 5.07. The van der Waals surface area contributed by atoms with E-state index in [1.165, 1.54) is 0 Å². The van der Waals surface area contributed by atoms with Crippen molar-refractivity contribution in [3.05, 3.63) is 34.9 Å². The number of hydrogen-bond acceptors (Lipinski definition) is 0. The lowest BCUT2D eigenvalue weighted by atomic mass is 10.2. The summed E-state index contributed by atoms with van der Waals surface area (Å²) in [5.41, 5.74) is 0.763. The number of rotatable bonds is 0. The summed E-state index contributed by atoms with van der Waals surface area (Å²) in [6.07, 6.45) is 0. The number of benzene rings is 1. The summed E-state index contributed by atoms with van der Waals surface area (Å²) in [6.45, 7) is 0. The first-order chi connectivity index (χ1) is 4.84. The van der Waals surface area contributed by atoms with Crippen LogP contribution in [0.1, 0.15) is 5.56 Å². The maximum absolute atomic E-state index is 5.74. The van der Waals surface area contributed by atoms with Gasteiger partial charge in [-0.25, -0.2) is 0 Å².